The minimum Gasteiger partial charge on any atom is -0.361 e. The van der Waals surface area contributed by atoms with Crippen LogP contribution in [0.15, 0.2) is 42.7 Å². The molecule has 0 atom stereocenters. The molecule has 27 heavy (non-hydrogen) atoms. The van der Waals surface area contributed by atoms with Crippen LogP contribution in [0, 0.1) is 0 Å². The molecule has 1 aliphatic rings. The Morgan fingerprint density at radius 3 is 2.33 bits per heavy atom. The van der Waals surface area contributed by atoms with Gasteiger partial charge < -0.3 is 14.7 Å². The number of rotatable bonds is 3. The molecule has 0 spiro atoms. The van der Waals surface area contributed by atoms with Crippen LogP contribution in [0.3, 0.4) is 0 Å². The zero-order chi connectivity index (χ0) is 18.8. The van der Waals surface area contributed by atoms with Crippen LogP contribution in [0.4, 0.5) is 11.6 Å². The third-order valence-electron chi connectivity index (χ3n) is 4.70. The number of anilines is 2. The molecule has 1 fully saturated rings. The van der Waals surface area contributed by atoms with E-state index in [-0.39, 0.29) is 5.91 Å². The van der Waals surface area contributed by atoms with Crippen LogP contribution in [-0.4, -0.2) is 71.2 Å². The Morgan fingerprint density at radius 1 is 0.926 bits per heavy atom. The van der Waals surface area contributed by atoms with Crippen LogP contribution in [0.2, 0.25) is 0 Å². The van der Waals surface area contributed by atoms with Crippen LogP contribution in [0.25, 0.3) is 11.0 Å². The van der Waals surface area contributed by atoms with E-state index in [9.17, 15) is 4.79 Å². The molecular formula is C19H21N7O. The molecule has 0 unspecified atom stereocenters. The highest BCUT2D eigenvalue weighted by Crippen LogP contribution is 2.18. The summed E-state index contributed by atoms with van der Waals surface area (Å²) in [5.41, 5.74) is 2.17. The van der Waals surface area contributed by atoms with Gasteiger partial charge in [0.15, 0.2) is 11.6 Å². The van der Waals surface area contributed by atoms with Crippen molar-refractivity contribution in [2.24, 2.45) is 0 Å². The lowest BCUT2D eigenvalue weighted by Gasteiger charge is -2.35. The van der Waals surface area contributed by atoms with E-state index in [0.29, 0.717) is 18.7 Å². The summed E-state index contributed by atoms with van der Waals surface area (Å²) in [5.74, 6) is 1.69. The zero-order valence-corrected chi connectivity index (χ0v) is 15.4. The zero-order valence-electron chi connectivity index (χ0n) is 15.4. The number of nitrogens with zero attached hydrogens (tertiary/aromatic N) is 7. The molecule has 3 heterocycles. The summed E-state index contributed by atoms with van der Waals surface area (Å²) < 4.78 is 0. The SMILES string of the molecule is CN(C)c1ccc(N2CCN(C(=O)c3ccc4nccnc4c3)CC2)nn1. The molecule has 0 radical (unpaired) electrons. The number of hydrogen-bond acceptors (Lipinski definition) is 7. The Labute approximate surface area is 157 Å². The first-order chi connectivity index (χ1) is 13.1. The van der Waals surface area contributed by atoms with Crippen LogP contribution >= 0.6 is 0 Å². The van der Waals surface area contributed by atoms with Gasteiger partial charge in [0.25, 0.3) is 5.91 Å². The maximum Gasteiger partial charge on any atom is 0.254 e. The first kappa shape index (κ1) is 17.1. The van der Waals surface area contributed by atoms with E-state index in [0.717, 1.165) is 35.8 Å². The first-order valence-electron chi connectivity index (χ1n) is 8.88. The molecule has 8 heteroatoms. The molecule has 4 rings (SSSR count). The Hall–Kier alpha value is -3.29. The monoisotopic (exact) mass is 363 g/mol. The maximum atomic E-state index is 12.8. The summed E-state index contributed by atoms with van der Waals surface area (Å²) in [7, 11) is 3.87. The minimum atomic E-state index is 0.0243. The molecule has 1 saturated heterocycles. The van der Waals surface area contributed by atoms with Crippen LogP contribution in [0.1, 0.15) is 10.4 Å². The predicted octanol–water partition coefficient (Wildman–Crippen LogP) is 1.45. The quantitative estimate of drug-likeness (QED) is 0.697. The number of aromatic nitrogens is 4. The molecule has 138 valence electrons. The fourth-order valence-electron chi connectivity index (χ4n) is 3.14. The van der Waals surface area contributed by atoms with E-state index in [1.54, 1.807) is 12.4 Å². The second-order valence-corrected chi connectivity index (χ2v) is 6.68. The summed E-state index contributed by atoms with van der Waals surface area (Å²) in [4.78, 5) is 27.3. The number of carbonyl (C=O) groups is 1. The lowest BCUT2D eigenvalue weighted by molar-refractivity contribution is 0.0746. The van der Waals surface area contributed by atoms with Gasteiger partial charge in [0.2, 0.25) is 0 Å². The number of piperazine rings is 1. The fraction of sp³-hybridized carbons (Fsp3) is 0.316. The summed E-state index contributed by atoms with van der Waals surface area (Å²) >= 11 is 0. The highest BCUT2D eigenvalue weighted by molar-refractivity contribution is 5.97. The standard InChI is InChI=1S/C19H21N7O/c1-24(2)17-5-6-18(23-22-17)25-9-11-26(12-10-25)19(27)14-3-4-15-16(13-14)21-8-7-20-15/h3-8,13H,9-12H2,1-2H3. The van der Waals surface area contributed by atoms with Gasteiger partial charge in [-0.1, -0.05) is 0 Å². The van der Waals surface area contributed by atoms with Crippen molar-refractivity contribution < 1.29 is 4.79 Å². The van der Waals surface area contributed by atoms with Gasteiger partial charge in [-0.3, -0.25) is 14.8 Å². The van der Waals surface area contributed by atoms with Crippen LogP contribution in [-0.2, 0) is 0 Å². The lowest BCUT2D eigenvalue weighted by Crippen LogP contribution is -2.49. The molecule has 3 aromatic rings. The highest BCUT2D eigenvalue weighted by atomic mass is 16.2. The molecule has 0 aliphatic carbocycles. The van der Waals surface area contributed by atoms with Gasteiger partial charge in [0, 0.05) is 58.2 Å². The maximum absolute atomic E-state index is 12.8. The van der Waals surface area contributed by atoms with Crippen molar-refractivity contribution in [1.29, 1.82) is 0 Å². The molecule has 1 aromatic carbocycles. The molecule has 1 amide bonds. The second kappa shape index (κ2) is 7.14. The average molecular weight is 363 g/mol. The van der Waals surface area contributed by atoms with E-state index in [2.05, 4.69) is 25.1 Å². The van der Waals surface area contributed by atoms with Crippen molar-refractivity contribution in [3.05, 3.63) is 48.3 Å². The number of hydrogen-bond donors (Lipinski definition) is 0. The van der Waals surface area contributed by atoms with Gasteiger partial charge in [-0.05, 0) is 30.3 Å². The number of benzene rings is 1. The van der Waals surface area contributed by atoms with Gasteiger partial charge in [0.05, 0.1) is 11.0 Å². The molecular weight excluding hydrogens is 342 g/mol. The van der Waals surface area contributed by atoms with Crippen molar-refractivity contribution in [3.63, 3.8) is 0 Å². The van der Waals surface area contributed by atoms with E-state index in [1.165, 1.54) is 0 Å². The van der Waals surface area contributed by atoms with E-state index >= 15 is 0 Å². The van der Waals surface area contributed by atoms with Crippen molar-refractivity contribution in [2.45, 2.75) is 0 Å². The number of fused-ring (bicyclic) bond motifs is 1. The van der Waals surface area contributed by atoms with E-state index < -0.39 is 0 Å². The van der Waals surface area contributed by atoms with Gasteiger partial charge >= 0.3 is 0 Å². The van der Waals surface area contributed by atoms with Gasteiger partial charge in [-0.25, -0.2) is 0 Å². The van der Waals surface area contributed by atoms with E-state index in [1.807, 2.05) is 54.2 Å². The summed E-state index contributed by atoms with van der Waals surface area (Å²) in [5, 5.41) is 8.53. The third-order valence-corrected chi connectivity index (χ3v) is 4.70. The summed E-state index contributed by atoms with van der Waals surface area (Å²) in [6.45, 7) is 2.76. The lowest BCUT2D eigenvalue weighted by atomic mass is 10.1. The Bertz CT molecular complexity index is 950. The first-order valence-corrected chi connectivity index (χ1v) is 8.88. The number of amides is 1. The van der Waals surface area contributed by atoms with Gasteiger partial charge in [0.1, 0.15) is 0 Å². The Morgan fingerprint density at radius 2 is 1.67 bits per heavy atom. The number of carbonyl (C=O) groups excluding carboxylic acids is 1. The van der Waals surface area contributed by atoms with Gasteiger partial charge in [-0.2, -0.15) is 0 Å². The molecule has 0 N–H and O–H groups in total. The molecule has 1 aliphatic heterocycles. The van der Waals surface area contributed by atoms with Crippen molar-refractivity contribution in [1.82, 2.24) is 25.1 Å². The topological polar surface area (TPSA) is 78.4 Å². The smallest absolute Gasteiger partial charge is 0.254 e. The minimum absolute atomic E-state index is 0.0243. The molecule has 8 nitrogen and oxygen atoms in total. The summed E-state index contributed by atoms with van der Waals surface area (Å²) in [6.07, 6.45) is 3.29. The van der Waals surface area contributed by atoms with Crippen molar-refractivity contribution in [2.75, 3.05) is 50.1 Å². The summed E-state index contributed by atoms with van der Waals surface area (Å²) in [6, 6.07) is 9.39. The Balaban J connectivity index is 1.42. The van der Waals surface area contributed by atoms with Crippen molar-refractivity contribution in [3.8, 4) is 0 Å². The normalized spacial score (nSPS) is 14.4. The largest absolute Gasteiger partial charge is 0.361 e. The van der Waals surface area contributed by atoms with Crippen molar-refractivity contribution >= 4 is 28.6 Å². The van der Waals surface area contributed by atoms with E-state index in [4.69, 9.17) is 0 Å². The third kappa shape index (κ3) is 3.51. The highest BCUT2D eigenvalue weighted by Gasteiger charge is 2.23. The molecule has 0 saturated carbocycles. The molecule has 2 aromatic heterocycles. The Kier molecular flexibility index (Phi) is 4.53. The van der Waals surface area contributed by atoms with Crippen LogP contribution in [0.5, 0.6) is 0 Å². The van der Waals surface area contributed by atoms with Gasteiger partial charge in [-0.15, -0.1) is 10.2 Å². The second-order valence-electron chi connectivity index (χ2n) is 6.68. The molecule has 0 bridgehead atoms. The van der Waals surface area contributed by atoms with Crippen LogP contribution < -0.4 is 9.80 Å². The average Bonchev–Trinajstić information content (AvgIpc) is 2.73. The fourth-order valence-corrected chi connectivity index (χ4v) is 3.14. The predicted molar refractivity (Wildman–Crippen MR) is 104 cm³/mol.